The van der Waals surface area contributed by atoms with Gasteiger partial charge in [0.25, 0.3) is 0 Å². The van der Waals surface area contributed by atoms with Crippen LogP contribution in [0.2, 0.25) is 0 Å². The Bertz CT molecular complexity index is 84.6. The highest BCUT2D eigenvalue weighted by Crippen LogP contribution is 2.62. The third kappa shape index (κ3) is 2.44. The largest absolute Gasteiger partial charge is 0.351 e. The molecule has 0 rings (SSSR count). The number of halogens is 6. The van der Waals surface area contributed by atoms with Gasteiger partial charge in [-0.15, -0.1) is 0 Å². The van der Waals surface area contributed by atoms with Crippen LogP contribution in [-0.2, 0) is 0 Å². The minimum Gasteiger partial charge on any atom is -0.203 e. The Morgan fingerprint density at radius 3 is 1.56 bits per heavy atom. The van der Waals surface area contributed by atoms with E-state index in [9.17, 15) is 17.6 Å². The van der Waals surface area contributed by atoms with Crippen LogP contribution < -0.4 is 0 Å². The molecule has 0 aliphatic rings. The van der Waals surface area contributed by atoms with Gasteiger partial charge in [-0.3, -0.25) is 0 Å². The smallest absolute Gasteiger partial charge is 0.203 e. The quantitative estimate of drug-likeness (QED) is 0.474. The van der Waals surface area contributed by atoms with Crippen LogP contribution in [0.1, 0.15) is 0 Å². The standard InChI is InChI=1S/C2HCl2F4P/c3-9(4)2(7,8)1(5)6/h1H. The maximum absolute atomic E-state index is 11.7. The van der Waals surface area contributed by atoms with E-state index >= 15 is 0 Å². The first-order valence-corrected chi connectivity index (χ1v) is 4.82. The van der Waals surface area contributed by atoms with Crippen LogP contribution in [0.5, 0.6) is 0 Å². The molecule has 9 heavy (non-hydrogen) atoms. The molecule has 0 heterocycles. The second-order valence-electron chi connectivity index (χ2n) is 1.12. The molecule has 0 spiro atoms. The molecule has 0 nitrogen and oxygen atoms in total. The Balaban J connectivity index is 4.01. The molecular formula is C2HCl2F4P. The Morgan fingerprint density at radius 1 is 1.22 bits per heavy atom. The maximum atomic E-state index is 11.7. The molecule has 0 aromatic carbocycles. The van der Waals surface area contributed by atoms with Gasteiger partial charge in [-0.25, -0.2) is 8.78 Å². The molecule has 0 unspecified atom stereocenters. The van der Waals surface area contributed by atoms with Gasteiger partial charge in [-0.05, 0) is 0 Å². The first kappa shape index (κ1) is 9.73. The summed E-state index contributed by atoms with van der Waals surface area (Å²) in [4.78, 5) is 0. The summed E-state index contributed by atoms with van der Waals surface area (Å²) in [6, 6.07) is 0. The van der Waals surface area contributed by atoms with Crippen molar-refractivity contribution in [2.45, 2.75) is 12.1 Å². The van der Waals surface area contributed by atoms with E-state index in [1.165, 1.54) is 0 Å². The molecule has 0 radical (unpaired) electrons. The third-order valence-corrected chi connectivity index (χ3v) is 2.49. The SMILES string of the molecule is FC(F)C(F)(F)P(Cl)Cl. The molecule has 0 aliphatic heterocycles. The Kier molecular flexibility index (Phi) is 3.48. The number of hydrogen-bond acceptors (Lipinski definition) is 0. The van der Waals surface area contributed by atoms with Crippen LogP contribution in [0.15, 0.2) is 0 Å². The van der Waals surface area contributed by atoms with Crippen molar-refractivity contribution >= 4 is 29.1 Å². The van der Waals surface area contributed by atoms with E-state index in [1.807, 2.05) is 0 Å². The molecule has 0 saturated heterocycles. The minimum absolute atomic E-state index is 2.92. The van der Waals surface area contributed by atoms with Gasteiger partial charge in [-0.2, -0.15) is 8.78 Å². The first-order valence-electron chi connectivity index (χ1n) is 1.66. The van der Waals surface area contributed by atoms with E-state index in [0.29, 0.717) is 0 Å². The van der Waals surface area contributed by atoms with Crippen LogP contribution in [0.4, 0.5) is 17.6 Å². The lowest BCUT2D eigenvalue weighted by molar-refractivity contribution is -0.0589. The predicted molar refractivity (Wildman–Crippen MR) is 29.6 cm³/mol. The lowest BCUT2D eigenvalue weighted by Crippen LogP contribution is -2.20. The molecule has 0 aromatic rings. The fourth-order valence-corrected chi connectivity index (χ4v) is 0.664. The van der Waals surface area contributed by atoms with Crippen molar-refractivity contribution < 1.29 is 17.6 Å². The van der Waals surface area contributed by atoms with E-state index in [2.05, 4.69) is 22.5 Å². The van der Waals surface area contributed by atoms with Gasteiger partial charge < -0.3 is 0 Å². The summed E-state index contributed by atoms with van der Waals surface area (Å²) < 4.78 is 45.7. The Morgan fingerprint density at radius 2 is 1.56 bits per heavy atom. The molecule has 0 aliphatic carbocycles. The zero-order valence-electron chi connectivity index (χ0n) is 3.79. The number of rotatable bonds is 2. The van der Waals surface area contributed by atoms with Crippen LogP contribution in [0, 0.1) is 0 Å². The monoisotopic (exact) mass is 202 g/mol. The second-order valence-corrected chi connectivity index (χ2v) is 4.73. The fourth-order valence-electron chi connectivity index (χ4n) is 0.0738. The first-order chi connectivity index (χ1) is 3.89. The molecule has 0 fully saturated rings. The van der Waals surface area contributed by atoms with Gasteiger partial charge >= 0.3 is 12.1 Å². The molecule has 0 atom stereocenters. The van der Waals surface area contributed by atoms with E-state index < -0.39 is 18.7 Å². The molecular weight excluding hydrogens is 202 g/mol. The normalized spacial score (nSPS) is 13.3. The van der Waals surface area contributed by atoms with Crippen molar-refractivity contribution in [2.24, 2.45) is 0 Å². The molecule has 7 heteroatoms. The topological polar surface area (TPSA) is 0 Å². The Labute approximate surface area is 59.5 Å². The van der Waals surface area contributed by atoms with Crippen molar-refractivity contribution in [3.05, 3.63) is 0 Å². The number of alkyl halides is 4. The zero-order chi connectivity index (χ0) is 7.65. The van der Waals surface area contributed by atoms with Crippen LogP contribution >= 0.6 is 29.1 Å². The molecule has 0 saturated carbocycles. The summed E-state index contributed by atoms with van der Waals surface area (Å²) in [6.45, 7) is -2.92. The van der Waals surface area contributed by atoms with E-state index in [4.69, 9.17) is 0 Å². The van der Waals surface area contributed by atoms with Crippen molar-refractivity contribution in [2.75, 3.05) is 0 Å². The highest BCUT2D eigenvalue weighted by molar-refractivity contribution is 8.04. The summed E-state index contributed by atoms with van der Waals surface area (Å²) in [6.07, 6.45) is -3.78. The van der Waals surface area contributed by atoms with E-state index in [-0.39, 0.29) is 0 Å². The highest BCUT2D eigenvalue weighted by atomic mass is 35.9. The maximum Gasteiger partial charge on any atom is 0.351 e. The van der Waals surface area contributed by atoms with Crippen molar-refractivity contribution in [3.8, 4) is 0 Å². The molecule has 0 aromatic heterocycles. The summed E-state index contributed by atoms with van der Waals surface area (Å²) in [7, 11) is 0. The molecule has 0 bridgehead atoms. The summed E-state index contributed by atoms with van der Waals surface area (Å²) >= 11 is 9.13. The van der Waals surface area contributed by atoms with Gasteiger partial charge in [0, 0.05) is 0 Å². The fraction of sp³-hybridized carbons (Fsp3) is 1.00. The van der Waals surface area contributed by atoms with Crippen LogP contribution in [0.3, 0.4) is 0 Å². The van der Waals surface area contributed by atoms with Crippen molar-refractivity contribution in [3.63, 3.8) is 0 Å². The minimum atomic E-state index is -4.24. The van der Waals surface area contributed by atoms with Crippen molar-refractivity contribution in [1.29, 1.82) is 0 Å². The zero-order valence-corrected chi connectivity index (χ0v) is 6.20. The Hall–Kier alpha value is 0.730. The number of hydrogen-bond donors (Lipinski definition) is 0. The summed E-state index contributed by atoms with van der Waals surface area (Å²) in [5.74, 6) is 0. The molecule has 56 valence electrons. The average molecular weight is 203 g/mol. The molecule has 0 N–H and O–H groups in total. The molecule has 0 amide bonds. The van der Waals surface area contributed by atoms with Gasteiger partial charge in [0.05, 0.1) is 0 Å². The van der Waals surface area contributed by atoms with Gasteiger partial charge in [0.15, 0.2) is 6.63 Å². The second kappa shape index (κ2) is 3.22. The summed E-state index contributed by atoms with van der Waals surface area (Å²) in [5, 5.41) is 0. The van der Waals surface area contributed by atoms with Gasteiger partial charge in [0.1, 0.15) is 0 Å². The lowest BCUT2D eigenvalue weighted by atomic mass is 10.7. The van der Waals surface area contributed by atoms with Crippen molar-refractivity contribution in [1.82, 2.24) is 0 Å². The van der Waals surface area contributed by atoms with E-state index in [0.717, 1.165) is 0 Å². The predicted octanol–water partition coefficient (Wildman–Crippen LogP) is 3.63. The lowest BCUT2D eigenvalue weighted by Gasteiger charge is -2.14. The average Bonchev–Trinajstić information content (AvgIpc) is 1.65. The highest BCUT2D eigenvalue weighted by Gasteiger charge is 2.47. The summed E-state index contributed by atoms with van der Waals surface area (Å²) in [5.41, 5.74) is -4.24. The third-order valence-electron chi connectivity index (χ3n) is 0.488. The van der Waals surface area contributed by atoms with E-state index in [1.54, 1.807) is 0 Å². The van der Waals surface area contributed by atoms with Gasteiger partial charge in [0.2, 0.25) is 0 Å². The van der Waals surface area contributed by atoms with Crippen LogP contribution in [-0.4, -0.2) is 12.1 Å². The van der Waals surface area contributed by atoms with Crippen LogP contribution in [0.25, 0.3) is 0 Å². The van der Waals surface area contributed by atoms with Gasteiger partial charge in [-0.1, -0.05) is 22.5 Å².